The van der Waals surface area contributed by atoms with Gasteiger partial charge in [0.05, 0.1) is 38.8 Å². The first kappa shape index (κ1) is 24.7. The molecule has 0 unspecified atom stereocenters. The molecular weight excluding hydrogens is 448 g/mol. The Kier molecular flexibility index (Phi) is 7.08. The van der Waals surface area contributed by atoms with Crippen LogP contribution in [0.2, 0.25) is 0 Å². The highest BCUT2D eigenvalue weighted by Crippen LogP contribution is 2.41. The number of carbonyl (C=O) groups excluding carboxylic acids is 1. The molecule has 2 aromatic rings. The normalized spacial score (nSPS) is 17.0. The van der Waals surface area contributed by atoms with Crippen LogP contribution in [0.4, 0.5) is 0 Å². The maximum atomic E-state index is 13.0. The summed E-state index contributed by atoms with van der Waals surface area (Å²) in [5.41, 5.74) is 0.295. The summed E-state index contributed by atoms with van der Waals surface area (Å²) >= 11 is 0. The molecule has 9 nitrogen and oxygen atoms in total. The van der Waals surface area contributed by atoms with Gasteiger partial charge in [-0.2, -0.15) is 4.31 Å². The largest absolute Gasteiger partial charge is 0.497 e. The van der Waals surface area contributed by atoms with Gasteiger partial charge in [-0.15, -0.1) is 0 Å². The van der Waals surface area contributed by atoms with Crippen molar-refractivity contribution >= 4 is 15.9 Å². The molecule has 1 atom stereocenters. The van der Waals surface area contributed by atoms with E-state index in [1.165, 1.54) is 39.5 Å². The second-order valence-corrected chi connectivity index (χ2v) is 10.4. The lowest BCUT2D eigenvalue weighted by Crippen LogP contribution is -2.44. The van der Waals surface area contributed by atoms with Crippen LogP contribution >= 0.6 is 0 Å². The maximum absolute atomic E-state index is 13.0. The van der Waals surface area contributed by atoms with Gasteiger partial charge in [-0.25, -0.2) is 8.42 Å². The second kappa shape index (κ2) is 9.48. The smallest absolute Gasteiger partial charge is 0.243 e. The molecule has 1 aliphatic heterocycles. The van der Waals surface area contributed by atoms with Crippen LogP contribution in [-0.4, -0.2) is 59.2 Å². The van der Waals surface area contributed by atoms with Crippen LogP contribution in [0, 0.1) is 0 Å². The number of methoxy groups -OCH3 is 3. The minimum Gasteiger partial charge on any atom is -0.497 e. The lowest BCUT2D eigenvalue weighted by Gasteiger charge is -2.38. The minimum absolute atomic E-state index is 0.0000837. The van der Waals surface area contributed by atoms with E-state index < -0.39 is 21.5 Å². The van der Waals surface area contributed by atoms with E-state index in [0.29, 0.717) is 23.7 Å². The molecule has 1 aliphatic rings. The number of amides is 1. The van der Waals surface area contributed by atoms with Crippen molar-refractivity contribution in [3.63, 3.8) is 0 Å². The minimum atomic E-state index is -3.93. The Morgan fingerprint density at radius 1 is 1.09 bits per heavy atom. The summed E-state index contributed by atoms with van der Waals surface area (Å²) < 4.78 is 48.7. The molecule has 1 N–H and O–H groups in total. The van der Waals surface area contributed by atoms with Crippen LogP contribution in [0.3, 0.4) is 0 Å². The summed E-state index contributed by atoms with van der Waals surface area (Å²) in [6, 6.07) is 9.38. The number of ether oxygens (including phenoxy) is 4. The van der Waals surface area contributed by atoms with Crippen molar-refractivity contribution in [1.29, 1.82) is 0 Å². The third kappa shape index (κ3) is 5.33. The summed E-state index contributed by atoms with van der Waals surface area (Å²) in [6.07, 6.45) is 0.532. The average Bonchev–Trinajstić information content (AvgIpc) is 2.76. The third-order valence-electron chi connectivity index (χ3n) is 5.44. The highest BCUT2D eigenvalue weighted by atomic mass is 32.2. The number of carbonyl (C=O) groups is 1. The second-order valence-electron chi connectivity index (χ2n) is 8.37. The summed E-state index contributed by atoms with van der Waals surface area (Å²) in [5.74, 6) is 1.55. The van der Waals surface area contributed by atoms with E-state index in [9.17, 15) is 13.2 Å². The number of likely N-dealkylation sites (N-methyl/N-ethyl adjacent to an activating group) is 1. The van der Waals surface area contributed by atoms with E-state index in [1.54, 1.807) is 19.2 Å². The quantitative estimate of drug-likeness (QED) is 0.622. The highest BCUT2D eigenvalue weighted by Gasteiger charge is 2.35. The molecule has 0 aliphatic carbocycles. The van der Waals surface area contributed by atoms with Crippen LogP contribution in [0.15, 0.2) is 41.3 Å². The Balaban J connectivity index is 1.77. The molecule has 33 heavy (non-hydrogen) atoms. The molecule has 1 amide bonds. The predicted molar refractivity (Wildman–Crippen MR) is 123 cm³/mol. The molecule has 10 heteroatoms. The van der Waals surface area contributed by atoms with E-state index in [2.05, 4.69) is 5.32 Å². The van der Waals surface area contributed by atoms with Crippen molar-refractivity contribution in [3.8, 4) is 23.0 Å². The zero-order valence-corrected chi connectivity index (χ0v) is 20.5. The monoisotopic (exact) mass is 478 g/mol. The van der Waals surface area contributed by atoms with Crippen molar-refractivity contribution in [2.45, 2.75) is 36.8 Å². The van der Waals surface area contributed by atoms with Gasteiger partial charge < -0.3 is 24.3 Å². The summed E-state index contributed by atoms with van der Waals surface area (Å²) in [4.78, 5) is 12.8. The summed E-state index contributed by atoms with van der Waals surface area (Å²) in [5, 5.41) is 2.95. The number of sulfonamides is 1. The van der Waals surface area contributed by atoms with E-state index >= 15 is 0 Å². The number of nitrogens with zero attached hydrogens (tertiary/aromatic N) is 1. The van der Waals surface area contributed by atoms with Crippen molar-refractivity contribution in [2.24, 2.45) is 0 Å². The van der Waals surface area contributed by atoms with Gasteiger partial charge in [0.1, 0.15) is 17.1 Å². The van der Waals surface area contributed by atoms with Gasteiger partial charge in [0.2, 0.25) is 15.9 Å². The fraction of sp³-hybridized carbons (Fsp3) is 0.435. The van der Waals surface area contributed by atoms with Gasteiger partial charge in [-0.1, -0.05) is 0 Å². The molecule has 0 fully saturated rings. The number of fused-ring (bicyclic) bond motifs is 1. The Bertz CT molecular complexity index is 1130. The van der Waals surface area contributed by atoms with Gasteiger partial charge in [0, 0.05) is 31.2 Å². The molecule has 0 aromatic heterocycles. The fourth-order valence-corrected chi connectivity index (χ4v) is 4.91. The molecule has 0 saturated carbocycles. The van der Waals surface area contributed by atoms with E-state index in [1.807, 2.05) is 19.9 Å². The van der Waals surface area contributed by atoms with Crippen LogP contribution in [0.1, 0.15) is 31.9 Å². The predicted octanol–water partition coefficient (Wildman–Crippen LogP) is 2.75. The lowest BCUT2D eigenvalue weighted by atomic mass is 9.89. The van der Waals surface area contributed by atoms with E-state index in [-0.39, 0.29) is 23.2 Å². The van der Waals surface area contributed by atoms with Crippen molar-refractivity contribution in [3.05, 3.63) is 42.0 Å². The molecule has 0 saturated heterocycles. The van der Waals surface area contributed by atoms with Gasteiger partial charge >= 0.3 is 0 Å². The average molecular weight is 479 g/mol. The number of hydrogen-bond donors (Lipinski definition) is 1. The topological polar surface area (TPSA) is 103 Å². The maximum Gasteiger partial charge on any atom is 0.243 e. The van der Waals surface area contributed by atoms with Crippen LogP contribution in [0.25, 0.3) is 0 Å². The third-order valence-corrected chi connectivity index (χ3v) is 7.24. The number of rotatable bonds is 8. The number of hydrogen-bond acceptors (Lipinski definition) is 7. The van der Waals surface area contributed by atoms with Gasteiger partial charge in [0.15, 0.2) is 11.5 Å². The fourth-order valence-electron chi connectivity index (χ4n) is 3.77. The van der Waals surface area contributed by atoms with E-state index in [0.717, 1.165) is 9.87 Å². The van der Waals surface area contributed by atoms with Crippen molar-refractivity contribution in [1.82, 2.24) is 9.62 Å². The summed E-state index contributed by atoms with van der Waals surface area (Å²) in [7, 11) is 1.89. The number of nitrogens with one attached hydrogen (secondary N) is 1. The first-order valence-corrected chi connectivity index (χ1v) is 11.8. The molecule has 0 bridgehead atoms. The van der Waals surface area contributed by atoms with Crippen molar-refractivity contribution < 1.29 is 32.2 Å². The van der Waals surface area contributed by atoms with Crippen molar-refractivity contribution in [2.75, 3.05) is 34.9 Å². The first-order chi connectivity index (χ1) is 15.5. The lowest BCUT2D eigenvalue weighted by molar-refractivity contribution is -0.122. The van der Waals surface area contributed by atoms with Gasteiger partial charge in [-0.3, -0.25) is 4.79 Å². The van der Waals surface area contributed by atoms with Gasteiger partial charge in [0.25, 0.3) is 0 Å². The Hall–Kier alpha value is -2.98. The Morgan fingerprint density at radius 3 is 2.42 bits per heavy atom. The highest BCUT2D eigenvalue weighted by molar-refractivity contribution is 7.89. The molecule has 0 radical (unpaired) electrons. The molecule has 0 spiro atoms. The van der Waals surface area contributed by atoms with Crippen LogP contribution < -0.4 is 24.3 Å². The molecule has 180 valence electrons. The molecular formula is C23H30N2O7S. The Morgan fingerprint density at radius 2 is 1.79 bits per heavy atom. The zero-order chi connectivity index (χ0) is 24.4. The molecule has 1 heterocycles. The first-order valence-electron chi connectivity index (χ1n) is 10.4. The molecule has 2 aromatic carbocycles. The van der Waals surface area contributed by atoms with Crippen LogP contribution in [-0.2, 0) is 14.8 Å². The zero-order valence-electron chi connectivity index (χ0n) is 19.7. The van der Waals surface area contributed by atoms with E-state index in [4.69, 9.17) is 18.9 Å². The SMILES string of the molecule is COc1ccc2c(c1)OC(C)(C)C[C@@H]2NC(=O)CN(C)S(=O)(=O)c1ccc(OC)c(OC)c1. The van der Waals surface area contributed by atoms with Gasteiger partial charge in [-0.05, 0) is 38.1 Å². The summed E-state index contributed by atoms with van der Waals surface area (Å²) in [6.45, 7) is 3.52. The molecule has 3 rings (SSSR count). The van der Waals surface area contributed by atoms with Crippen LogP contribution in [0.5, 0.6) is 23.0 Å². The standard InChI is InChI=1S/C23H30N2O7S/c1-23(2)13-18(17-9-7-15(29-4)11-20(17)32-23)24-22(26)14-25(3)33(27,28)16-8-10-19(30-5)21(12-16)31-6/h7-12,18H,13-14H2,1-6H3,(H,24,26)/t18-/m0/s1. The number of benzene rings is 2. The Labute approximate surface area is 194 Å².